The number of phenols is 1. The van der Waals surface area contributed by atoms with Gasteiger partial charge in [-0.15, -0.1) is 5.10 Å². The molecule has 0 atom stereocenters. The summed E-state index contributed by atoms with van der Waals surface area (Å²) in [6, 6.07) is 2.03. The topological polar surface area (TPSA) is 97.0 Å². The predicted octanol–water partition coefficient (Wildman–Crippen LogP) is 0.792. The summed E-state index contributed by atoms with van der Waals surface area (Å²) in [7, 11) is 0. The van der Waals surface area contributed by atoms with Gasteiger partial charge in [0.15, 0.2) is 0 Å². The number of rotatable bonds is 2. The molecule has 0 saturated carbocycles. The van der Waals surface area contributed by atoms with Crippen molar-refractivity contribution in [1.29, 1.82) is 0 Å². The molecular weight excluding hydrogens is 223 g/mol. The van der Waals surface area contributed by atoms with Crippen molar-refractivity contribution in [1.82, 2.24) is 0 Å². The molecule has 0 fully saturated rings. The summed E-state index contributed by atoms with van der Waals surface area (Å²) in [5, 5.41) is 16.0. The van der Waals surface area contributed by atoms with E-state index in [4.69, 9.17) is 23.1 Å². The van der Waals surface area contributed by atoms with E-state index in [-0.39, 0.29) is 22.3 Å². The molecule has 0 aromatic heterocycles. The molecule has 5 N–H and O–H groups in total. The van der Waals surface area contributed by atoms with Gasteiger partial charge in [0.2, 0.25) is 5.96 Å². The molecule has 1 rings (SSSR count). The number of benzene rings is 1. The third kappa shape index (κ3) is 3.10. The molecule has 0 radical (unpaired) electrons. The van der Waals surface area contributed by atoms with Gasteiger partial charge in [-0.1, -0.05) is 11.6 Å². The van der Waals surface area contributed by atoms with E-state index in [1.54, 1.807) is 0 Å². The largest absolute Gasteiger partial charge is 0.506 e. The van der Waals surface area contributed by atoms with Crippen molar-refractivity contribution in [2.24, 2.45) is 21.7 Å². The summed E-state index contributed by atoms with van der Waals surface area (Å²) in [5.74, 6) is -1.12. The van der Waals surface area contributed by atoms with Crippen molar-refractivity contribution in [2.75, 3.05) is 0 Å². The van der Waals surface area contributed by atoms with Crippen molar-refractivity contribution >= 4 is 23.8 Å². The molecule has 0 aliphatic carbocycles. The molecule has 0 aliphatic rings. The quantitative estimate of drug-likeness (QED) is 0.398. The van der Waals surface area contributed by atoms with Crippen LogP contribution < -0.4 is 11.5 Å². The van der Waals surface area contributed by atoms with Crippen LogP contribution in [-0.2, 0) is 0 Å². The van der Waals surface area contributed by atoms with E-state index in [2.05, 4.69) is 10.2 Å². The van der Waals surface area contributed by atoms with Gasteiger partial charge in [-0.05, 0) is 12.1 Å². The average Bonchev–Trinajstić information content (AvgIpc) is 2.12. The van der Waals surface area contributed by atoms with Crippen LogP contribution in [0.3, 0.4) is 0 Å². The second-order valence-corrected chi connectivity index (χ2v) is 3.00. The SMILES string of the molecule is NC(N)=NN=Cc1cc(F)cc(Cl)c1O. The number of hydrogen-bond donors (Lipinski definition) is 3. The van der Waals surface area contributed by atoms with Gasteiger partial charge in [-0.3, -0.25) is 0 Å². The Morgan fingerprint density at radius 3 is 2.73 bits per heavy atom. The lowest BCUT2D eigenvalue weighted by Gasteiger charge is -2.00. The van der Waals surface area contributed by atoms with E-state index in [0.717, 1.165) is 18.3 Å². The van der Waals surface area contributed by atoms with Crippen LogP contribution in [0, 0.1) is 5.82 Å². The van der Waals surface area contributed by atoms with E-state index in [9.17, 15) is 9.50 Å². The highest BCUT2D eigenvalue weighted by molar-refractivity contribution is 6.32. The van der Waals surface area contributed by atoms with Gasteiger partial charge in [-0.25, -0.2) is 4.39 Å². The number of nitrogens with two attached hydrogens (primary N) is 2. The standard InChI is InChI=1S/C8H8ClFN4O/c9-6-2-5(10)1-4(7(6)15)3-13-14-8(11)12/h1-3,15H,(H4,11,12,14). The van der Waals surface area contributed by atoms with Gasteiger partial charge in [0.25, 0.3) is 0 Å². The molecule has 80 valence electrons. The minimum atomic E-state index is -0.594. The minimum absolute atomic E-state index is 0.0880. The number of halogens is 2. The lowest BCUT2D eigenvalue weighted by atomic mass is 10.2. The molecule has 0 unspecified atom stereocenters. The molecule has 7 heteroatoms. The highest BCUT2D eigenvalue weighted by Crippen LogP contribution is 2.27. The Morgan fingerprint density at radius 1 is 1.47 bits per heavy atom. The van der Waals surface area contributed by atoms with Crippen LogP contribution in [0.4, 0.5) is 4.39 Å². The second-order valence-electron chi connectivity index (χ2n) is 2.59. The van der Waals surface area contributed by atoms with Gasteiger partial charge >= 0.3 is 0 Å². The van der Waals surface area contributed by atoms with Crippen LogP contribution in [0.2, 0.25) is 5.02 Å². The van der Waals surface area contributed by atoms with E-state index in [0.29, 0.717) is 0 Å². The van der Waals surface area contributed by atoms with Crippen LogP contribution >= 0.6 is 11.6 Å². The summed E-state index contributed by atoms with van der Waals surface area (Å²) < 4.78 is 12.9. The Balaban J connectivity index is 3.05. The second kappa shape index (κ2) is 4.61. The predicted molar refractivity (Wildman–Crippen MR) is 56.5 cm³/mol. The van der Waals surface area contributed by atoms with Crippen LogP contribution in [0.1, 0.15) is 5.56 Å². The first-order chi connectivity index (χ1) is 7.00. The zero-order valence-corrected chi connectivity index (χ0v) is 8.24. The number of aromatic hydroxyl groups is 1. The number of guanidine groups is 1. The molecule has 0 bridgehead atoms. The fourth-order valence-corrected chi connectivity index (χ4v) is 1.06. The monoisotopic (exact) mass is 230 g/mol. The first-order valence-corrected chi connectivity index (χ1v) is 4.18. The van der Waals surface area contributed by atoms with Crippen molar-refractivity contribution < 1.29 is 9.50 Å². The van der Waals surface area contributed by atoms with Gasteiger partial charge in [-0.2, -0.15) is 5.10 Å². The smallest absolute Gasteiger partial charge is 0.211 e. The molecule has 0 spiro atoms. The van der Waals surface area contributed by atoms with E-state index in [1.807, 2.05) is 0 Å². The Morgan fingerprint density at radius 2 is 2.13 bits per heavy atom. The molecule has 0 amide bonds. The van der Waals surface area contributed by atoms with Crippen LogP contribution in [0.15, 0.2) is 22.3 Å². The number of phenolic OH excluding ortho intramolecular Hbond substituents is 1. The van der Waals surface area contributed by atoms with Crippen molar-refractivity contribution in [3.05, 3.63) is 28.5 Å². The Labute approximate surface area is 89.9 Å². The van der Waals surface area contributed by atoms with Gasteiger partial charge in [0, 0.05) is 5.56 Å². The summed E-state index contributed by atoms with van der Waals surface area (Å²) in [6.07, 6.45) is 1.09. The fourth-order valence-electron chi connectivity index (χ4n) is 0.842. The maximum Gasteiger partial charge on any atom is 0.211 e. The molecule has 15 heavy (non-hydrogen) atoms. The van der Waals surface area contributed by atoms with Crippen LogP contribution in [-0.4, -0.2) is 17.3 Å². The zero-order valence-electron chi connectivity index (χ0n) is 7.48. The van der Waals surface area contributed by atoms with Crippen LogP contribution in [0.5, 0.6) is 5.75 Å². The van der Waals surface area contributed by atoms with Crippen molar-refractivity contribution in [3.8, 4) is 5.75 Å². The Hall–Kier alpha value is -1.82. The van der Waals surface area contributed by atoms with Gasteiger partial charge in [0.1, 0.15) is 11.6 Å². The molecule has 0 heterocycles. The van der Waals surface area contributed by atoms with Gasteiger partial charge < -0.3 is 16.6 Å². The number of hydrogen-bond acceptors (Lipinski definition) is 3. The first-order valence-electron chi connectivity index (χ1n) is 3.80. The maximum atomic E-state index is 12.9. The number of nitrogens with zero attached hydrogens (tertiary/aromatic N) is 2. The average molecular weight is 231 g/mol. The summed E-state index contributed by atoms with van der Waals surface area (Å²) in [5.41, 5.74) is 10.1. The molecule has 1 aromatic rings. The lowest BCUT2D eigenvalue weighted by molar-refractivity contribution is 0.472. The minimum Gasteiger partial charge on any atom is -0.506 e. The Kier molecular flexibility index (Phi) is 3.46. The first kappa shape index (κ1) is 11.3. The third-order valence-electron chi connectivity index (χ3n) is 1.43. The highest BCUT2D eigenvalue weighted by Gasteiger charge is 2.06. The summed E-state index contributed by atoms with van der Waals surface area (Å²) in [6.45, 7) is 0. The molecule has 1 aromatic carbocycles. The fraction of sp³-hybridized carbons (Fsp3) is 0. The van der Waals surface area contributed by atoms with Gasteiger partial charge in [0.05, 0.1) is 11.2 Å². The third-order valence-corrected chi connectivity index (χ3v) is 1.72. The molecular formula is C8H8ClFN4O. The van der Waals surface area contributed by atoms with Crippen LogP contribution in [0.25, 0.3) is 0 Å². The normalized spacial score (nSPS) is 10.5. The summed E-state index contributed by atoms with van der Waals surface area (Å²) >= 11 is 5.52. The van der Waals surface area contributed by atoms with E-state index < -0.39 is 5.82 Å². The molecule has 0 saturated heterocycles. The lowest BCUT2D eigenvalue weighted by Crippen LogP contribution is -2.21. The summed E-state index contributed by atoms with van der Waals surface area (Å²) in [4.78, 5) is 0. The Bertz CT molecular complexity index is 429. The van der Waals surface area contributed by atoms with E-state index >= 15 is 0 Å². The molecule has 5 nitrogen and oxygen atoms in total. The zero-order chi connectivity index (χ0) is 11.4. The van der Waals surface area contributed by atoms with Crippen molar-refractivity contribution in [2.45, 2.75) is 0 Å². The van der Waals surface area contributed by atoms with E-state index in [1.165, 1.54) is 0 Å². The maximum absolute atomic E-state index is 12.9. The molecule has 0 aliphatic heterocycles. The van der Waals surface area contributed by atoms with Crippen molar-refractivity contribution in [3.63, 3.8) is 0 Å². The highest BCUT2D eigenvalue weighted by atomic mass is 35.5.